The number of hydrogen-bond donors (Lipinski definition) is 1. The number of aromatic nitrogens is 2. The molecule has 3 rings (SSSR count). The Morgan fingerprint density at radius 2 is 1.82 bits per heavy atom. The number of benzene rings is 2. The summed E-state index contributed by atoms with van der Waals surface area (Å²) in [7, 11) is 0. The van der Waals surface area contributed by atoms with Gasteiger partial charge in [-0.15, -0.1) is 0 Å². The molecule has 5 heteroatoms. The molecule has 1 N–H and O–H groups in total. The molecule has 5 nitrogen and oxygen atoms in total. The Labute approximate surface area is 165 Å². The molecule has 1 heterocycles. The number of carbonyl (C=O) groups excluding carboxylic acids is 1. The number of hydrogen-bond acceptors (Lipinski definition) is 3. The third-order valence-electron chi connectivity index (χ3n) is 4.50. The Morgan fingerprint density at radius 3 is 2.50 bits per heavy atom. The van der Waals surface area contributed by atoms with Gasteiger partial charge in [-0.05, 0) is 56.7 Å². The normalized spacial score (nSPS) is 11.0. The van der Waals surface area contributed by atoms with Crippen molar-refractivity contribution < 1.29 is 9.53 Å². The number of rotatable bonds is 7. The molecule has 0 radical (unpaired) electrons. The summed E-state index contributed by atoms with van der Waals surface area (Å²) in [6, 6.07) is 17.6. The fourth-order valence-corrected chi connectivity index (χ4v) is 3.00. The SMILES string of the molecule is CCOc1ccc(/C=C/C(=O)NCc2c(C)nn(-c3ccccc3)c2C)cc1. The number of nitrogens with one attached hydrogen (secondary N) is 1. The standard InChI is InChI=1S/C23H25N3O2/c1-4-28-21-13-10-19(11-14-21)12-15-23(27)24-16-22-17(2)25-26(18(22)3)20-8-6-5-7-9-20/h5-15H,4,16H2,1-3H3,(H,24,27)/b15-12+. The predicted molar refractivity (Wildman–Crippen MR) is 112 cm³/mol. The van der Waals surface area contributed by atoms with E-state index in [-0.39, 0.29) is 5.91 Å². The summed E-state index contributed by atoms with van der Waals surface area (Å²) in [6.45, 7) is 7.01. The molecular formula is C23H25N3O2. The lowest BCUT2D eigenvalue weighted by molar-refractivity contribution is -0.116. The molecule has 3 aromatic rings. The fourth-order valence-electron chi connectivity index (χ4n) is 3.00. The first-order chi connectivity index (χ1) is 13.6. The quantitative estimate of drug-likeness (QED) is 0.629. The van der Waals surface area contributed by atoms with Gasteiger partial charge in [0.05, 0.1) is 18.0 Å². The van der Waals surface area contributed by atoms with E-state index in [0.29, 0.717) is 13.2 Å². The van der Waals surface area contributed by atoms with Crippen molar-refractivity contribution in [3.63, 3.8) is 0 Å². The number of carbonyl (C=O) groups is 1. The maximum Gasteiger partial charge on any atom is 0.244 e. The molecule has 0 saturated carbocycles. The van der Waals surface area contributed by atoms with Crippen LogP contribution in [0, 0.1) is 13.8 Å². The van der Waals surface area contributed by atoms with E-state index in [2.05, 4.69) is 10.4 Å². The summed E-state index contributed by atoms with van der Waals surface area (Å²) < 4.78 is 7.33. The van der Waals surface area contributed by atoms with Crippen molar-refractivity contribution in [3.05, 3.63) is 83.2 Å². The lowest BCUT2D eigenvalue weighted by Crippen LogP contribution is -2.21. The monoisotopic (exact) mass is 375 g/mol. The zero-order valence-corrected chi connectivity index (χ0v) is 16.5. The minimum Gasteiger partial charge on any atom is -0.494 e. The zero-order valence-electron chi connectivity index (χ0n) is 16.5. The second kappa shape index (κ2) is 9.04. The van der Waals surface area contributed by atoms with Gasteiger partial charge < -0.3 is 10.1 Å². The highest BCUT2D eigenvalue weighted by Crippen LogP contribution is 2.17. The van der Waals surface area contributed by atoms with E-state index in [1.165, 1.54) is 0 Å². The number of nitrogens with zero attached hydrogens (tertiary/aromatic N) is 2. The van der Waals surface area contributed by atoms with Crippen LogP contribution in [0.5, 0.6) is 5.75 Å². The van der Waals surface area contributed by atoms with Gasteiger partial charge >= 0.3 is 0 Å². The van der Waals surface area contributed by atoms with E-state index >= 15 is 0 Å². The smallest absolute Gasteiger partial charge is 0.244 e. The van der Waals surface area contributed by atoms with Crippen LogP contribution < -0.4 is 10.1 Å². The van der Waals surface area contributed by atoms with Crippen LogP contribution in [-0.4, -0.2) is 22.3 Å². The summed E-state index contributed by atoms with van der Waals surface area (Å²) in [5.74, 6) is 0.686. The van der Waals surface area contributed by atoms with Gasteiger partial charge in [0.1, 0.15) is 5.75 Å². The summed E-state index contributed by atoms with van der Waals surface area (Å²) >= 11 is 0. The van der Waals surface area contributed by atoms with Gasteiger partial charge in [-0.3, -0.25) is 4.79 Å². The van der Waals surface area contributed by atoms with E-state index in [0.717, 1.165) is 34.0 Å². The average Bonchev–Trinajstić information content (AvgIpc) is 3.00. The molecule has 0 atom stereocenters. The molecule has 144 valence electrons. The van der Waals surface area contributed by atoms with Crippen LogP contribution >= 0.6 is 0 Å². The van der Waals surface area contributed by atoms with Crippen molar-refractivity contribution in [1.82, 2.24) is 15.1 Å². The summed E-state index contributed by atoms with van der Waals surface area (Å²) in [6.07, 6.45) is 3.33. The second-order valence-corrected chi connectivity index (χ2v) is 6.45. The summed E-state index contributed by atoms with van der Waals surface area (Å²) in [4.78, 5) is 12.2. The Bertz CT molecular complexity index is 958. The lowest BCUT2D eigenvalue weighted by atomic mass is 10.2. The van der Waals surface area contributed by atoms with Crippen molar-refractivity contribution in [1.29, 1.82) is 0 Å². The fraction of sp³-hybridized carbons (Fsp3) is 0.217. The first-order valence-electron chi connectivity index (χ1n) is 9.37. The lowest BCUT2D eigenvalue weighted by Gasteiger charge is -2.06. The predicted octanol–water partition coefficient (Wildman–Crippen LogP) is 4.22. The van der Waals surface area contributed by atoms with Gasteiger partial charge in [-0.25, -0.2) is 4.68 Å². The zero-order chi connectivity index (χ0) is 19.9. The highest BCUT2D eigenvalue weighted by Gasteiger charge is 2.13. The highest BCUT2D eigenvalue weighted by atomic mass is 16.5. The van der Waals surface area contributed by atoms with Crippen LogP contribution in [0.3, 0.4) is 0 Å². The highest BCUT2D eigenvalue weighted by molar-refractivity contribution is 5.91. The maximum atomic E-state index is 12.2. The molecule has 0 unspecified atom stereocenters. The molecule has 0 saturated heterocycles. The van der Waals surface area contributed by atoms with Crippen molar-refractivity contribution in [3.8, 4) is 11.4 Å². The van der Waals surface area contributed by atoms with Crippen LogP contribution in [0.4, 0.5) is 0 Å². The first-order valence-corrected chi connectivity index (χ1v) is 9.37. The maximum absolute atomic E-state index is 12.2. The number of aryl methyl sites for hydroxylation is 1. The van der Waals surface area contributed by atoms with Crippen molar-refractivity contribution >= 4 is 12.0 Å². The minimum absolute atomic E-state index is 0.139. The van der Waals surface area contributed by atoms with Crippen LogP contribution in [-0.2, 0) is 11.3 Å². The average molecular weight is 375 g/mol. The van der Waals surface area contributed by atoms with E-state index in [4.69, 9.17) is 4.74 Å². The number of ether oxygens (including phenoxy) is 1. The number of para-hydroxylation sites is 1. The Balaban J connectivity index is 1.62. The van der Waals surface area contributed by atoms with Gasteiger partial charge in [-0.2, -0.15) is 5.10 Å². The molecule has 0 fully saturated rings. The third kappa shape index (κ3) is 4.68. The van der Waals surface area contributed by atoms with Crippen LogP contribution in [0.25, 0.3) is 11.8 Å². The third-order valence-corrected chi connectivity index (χ3v) is 4.50. The summed E-state index contributed by atoms with van der Waals surface area (Å²) in [5.41, 5.74) is 4.93. The Kier molecular flexibility index (Phi) is 6.27. The van der Waals surface area contributed by atoms with Crippen LogP contribution in [0.1, 0.15) is 29.4 Å². The van der Waals surface area contributed by atoms with Gasteiger partial charge in [-0.1, -0.05) is 30.3 Å². The molecule has 1 amide bonds. The second-order valence-electron chi connectivity index (χ2n) is 6.45. The molecule has 0 aliphatic heterocycles. The van der Waals surface area contributed by atoms with Gasteiger partial charge in [0.25, 0.3) is 0 Å². The molecule has 28 heavy (non-hydrogen) atoms. The van der Waals surface area contributed by atoms with Gasteiger partial charge in [0, 0.05) is 23.9 Å². The number of amides is 1. The Hall–Kier alpha value is -3.34. The van der Waals surface area contributed by atoms with Crippen molar-refractivity contribution in [2.75, 3.05) is 6.61 Å². The van der Waals surface area contributed by atoms with Crippen molar-refractivity contribution in [2.45, 2.75) is 27.3 Å². The largest absolute Gasteiger partial charge is 0.494 e. The van der Waals surface area contributed by atoms with Gasteiger partial charge in [0.2, 0.25) is 5.91 Å². The topological polar surface area (TPSA) is 56.1 Å². The molecule has 0 aliphatic rings. The van der Waals surface area contributed by atoms with Crippen LogP contribution in [0.15, 0.2) is 60.7 Å². The first kappa shape index (κ1) is 19.4. The van der Waals surface area contributed by atoms with E-state index in [9.17, 15) is 4.79 Å². The minimum atomic E-state index is -0.139. The van der Waals surface area contributed by atoms with Crippen molar-refractivity contribution in [2.24, 2.45) is 0 Å². The molecule has 0 bridgehead atoms. The van der Waals surface area contributed by atoms with Gasteiger partial charge in [0.15, 0.2) is 0 Å². The Morgan fingerprint density at radius 1 is 1.11 bits per heavy atom. The molecule has 0 spiro atoms. The summed E-state index contributed by atoms with van der Waals surface area (Å²) in [5, 5.41) is 7.55. The molecule has 2 aromatic carbocycles. The van der Waals surface area contributed by atoms with E-state index < -0.39 is 0 Å². The van der Waals surface area contributed by atoms with E-state index in [1.807, 2.05) is 80.1 Å². The molecular weight excluding hydrogens is 350 g/mol. The van der Waals surface area contributed by atoms with E-state index in [1.54, 1.807) is 12.2 Å². The molecule has 0 aliphatic carbocycles. The van der Waals surface area contributed by atoms with Crippen LogP contribution in [0.2, 0.25) is 0 Å². The molecule has 1 aromatic heterocycles.